The van der Waals surface area contributed by atoms with Crippen LogP contribution in [0.1, 0.15) is 36.0 Å². The van der Waals surface area contributed by atoms with Crippen LogP contribution in [0.25, 0.3) is 10.9 Å². The molecule has 36 heavy (non-hydrogen) atoms. The molecule has 4 amide bonds. The number of hydrogen-bond donors (Lipinski definition) is 3. The first-order valence-corrected chi connectivity index (χ1v) is 11.2. The van der Waals surface area contributed by atoms with Gasteiger partial charge in [-0.15, -0.1) is 0 Å². The van der Waals surface area contributed by atoms with Crippen molar-refractivity contribution in [3.8, 4) is 0 Å². The summed E-state index contributed by atoms with van der Waals surface area (Å²) >= 11 is 0. The molecule has 12 nitrogen and oxygen atoms in total. The van der Waals surface area contributed by atoms with E-state index in [4.69, 9.17) is 5.11 Å². The minimum Gasteiger partial charge on any atom is -0.481 e. The van der Waals surface area contributed by atoms with Gasteiger partial charge in [-0.05, 0) is 25.0 Å². The van der Waals surface area contributed by atoms with Crippen molar-refractivity contribution in [2.45, 2.75) is 43.8 Å². The number of pyridine rings is 1. The Balaban J connectivity index is 1.58. The van der Waals surface area contributed by atoms with Gasteiger partial charge in [-0.1, -0.05) is 24.3 Å². The van der Waals surface area contributed by atoms with Gasteiger partial charge in [-0.2, -0.15) is 0 Å². The van der Waals surface area contributed by atoms with Crippen LogP contribution in [-0.4, -0.2) is 74.1 Å². The highest BCUT2D eigenvalue weighted by Crippen LogP contribution is 2.24. The number of aliphatic carboxylic acids is 1. The fourth-order valence-electron chi connectivity index (χ4n) is 4.22. The predicted molar refractivity (Wildman–Crippen MR) is 124 cm³/mol. The Morgan fingerprint density at radius 1 is 1.19 bits per heavy atom. The monoisotopic (exact) mass is 493 g/mol. The smallest absolute Gasteiger partial charge is 0.305 e. The topological polar surface area (TPSA) is 166 Å². The molecule has 2 aliphatic rings. The maximum atomic E-state index is 13.5. The van der Waals surface area contributed by atoms with E-state index in [1.807, 2.05) is 0 Å². The first-order valence-electron chi connectivity index (χ1n) is 11.2. The van der Waals surface area contributed by atoms with Crippen LogP contribution in [0, 0.1) is 0 Å². The highest BCUT2D eigenvalue weighted by atomic mass is 16.4. The number of nitrogens with one attached hydrogen (secondary N) is 2. The molecule has 0 radical (unpaired) electrons. The average Bonchev–Trinajstić information content (AvgIpc) is 2.99. The first kappa shape index (κ1) is 24.5. The number of amides is 4. The van der Waals surface area contributed by atoms with E-state index in [1.165, 1.54) is 12.3 Å². The van der Waals surface area contributed by atoms with E-state index in [2.05, 4.69) is 15.6 Å². The molecule has 1 fully saturated rings. The van der Waals surface area contributed by atoms with E-state index in [-0.39, 0.29) is 24.8 Å². The lowest BCUT2D eigenvalue weighted by Gasteiger charge is -2.39. The van der Waals surface area contributed by atoms with Crippen molar-refractivity contribution in [2.75, 3.05) is 0 Å². The number of benzene rings is 1. The molecule has 12 heteroatoms. The highest BCUT2D eigenvalue weighted by molar-refractivity contribution is 6.07. The van der Waals surface area contributed by atoms with Crippen LogP contribution in [0.15, 0.2) is 48.8 Å². The molecule has 3 N–H and O–H groups in total. The quantitative estimate of drug-likeness (QED) is 0.458. The molecule has 0 spiro atoms. The van der Waals surface area contributed by atoms with E-state index in [0.717, 1.165) is 15.4 Å². The van der Waals surface area contributed by atoms with Crippen molar-refractivity contribution in [1.29, 1.82) is 0 Å². The summed E-state index contributed by atoms with van der Waals surface area (Å²) in [6.45, 7) is 0. The molecule has 1 aromatic heterocycles. The zero-order chi connectivity index (χ0) is 25.8. The number of aromatic nitrogens is 1. The molecular formula is C24H23N5O7. The SMILES string of the molecule is O=C[C@H](CC(=O)O)NC(=O)[C@@H]1CC=CN2C(=O)CC[C@H](NC(=O)c3cccc4cccnc34)C(=O)N12. The minimum absolute atomic E-state index is 0.00670. The third-order valence-corrected chi connectivity index (χ3v) is 5.93. The fraction of sp³-hybridized carbons (Fsp3) is 0.292. The summed E-state index contributed by atoms with van der Waals surface area (Å²) in [6.07, 6.45) is 4.06. The molecule has 2 aromatic rings. The molecular weight excluding hydrogens is 470 g/mol. The lowest BCUT2D eigenvalue weighted by molar-refractivity contribution is -0.166. The van der Waals surface area contributed by atoms with Gasteiger partial charge in [0, 0.05) is 24.2 Å². The molecule has 0 aliphatic carbocycles. The minimum atomic E-state index is -1.30. The maximum Gasteiger partial charge on any atom is 0.305 e. The van der Waals surface area contributed by atoms with Gasteiger partial charge in [0.05, 0.1) is 23.5 Å². The molecule has 3 heterocycles. The number of aldehydes is 1. The second-order valence-electron chi connectivity index (χ2n) is 8.35. The summed E-state index contributed by atoms with van der Waals surface area (Å²) in [5, 5.41) is 16.6. The van der Waals surface area contributed by atoms with Crippen molar-refractivity contribution in [2.24, 2.45) is 0 Å². The normalized spacial score (nSPS) is 20.3. The molecule has 0 unspecified atom stereocenters. The molecule has 1 aromatic carbocycles. The number of carboxylic acids is 1. The second kappa shape index (κ2) is 10.3. The third kappa shape index (κ3) is 4.92. The standard InChI is InChI=1S/C24H23N5O7/c30-13-15(12-20(32)33)26-23(35)18-7-3-11-28-19(31)9-8-17(24(36)29(18)28)27-22(34)16-6-1-4-14-5-2-10-25-21(14)16/h1-6,10-11,13,15,17-18H,7-9,12H2,(H,26,35)(H,27,34)(H,32,33)/t15-,17-,18-/m0/s1. The molecule has 0 bridgehead atoms. The van der Waals surface area contributed by atoms with Gasteiger partial charge in [0.2, 0.25) is 11.8 Å². The Morgan fingerprint density at radius 2 is 1.97 bits per heavy atom. The van der Waals surface area contributed by atoms with Crippen molar-refractivity contribution in [3.05, 3.63) is 54.4 Å². The number of fused-ring (bicyclic) bond motifs is 2. The van der Waals surface area contributed by atoms with Gasteiger partial charge >= 0.3 is 5.97 Å². The number of hydrogen-bond acceptors (Lipinski definition) is 7. The number of carbonyl (C=O) groups is 6. The second-order valence-corrected chi connectivity index (χ2v) is 8.35. The van der Waals surface area contributed by atoms with E-state index in [1.54, 1.807) is 36.5 Å². The number of para-hydroxylation sites is 1. The number of carbonyl (C=O) groups excluding carboxylic acids is 5. The van der Waals surface area contributed by atoms with Crippen LogP contribution in [0.4, 0.5) is 0 Å². The van der Waals surface area contributed by atoms with Gasteiger partial charge in [0.15, 0.2) is 0 Å². The number of nitrogens with zero attached hydrogens (tertiary/aromatic N) is 3. The van der Waals surface area contributed by atoms with Crippen molar-refractivity contribution in [3.63, 3.8) is 0 Å². The van der Waals surface area contributed by atoms with Gasteiger partial charge in [0.1, 0.15) is 18.4 Å². The van der Waals surface area contributed by atoms with Crippen LogP contribution in [-0.2, 0) is 24.0 Å². The first-order chi connectivity index (χ1) is 17.3. The summed E-state index contributed by atoms with van der Waals surface area (Å²) in [4.78, 5) is 78.8. The largest absolute Gasteiger partial charge is 0.481 e. The van der Waals surface area contributed by atoms with E-state index in [0.29, 0.717) is 11.8 Å². The van der Waals surface area contributed by atoms with E-state index >= 15 is 0 Å². The molecule has 4 rings (SSSR count). The van der Waals surface area contributed by atoms with E-state index in [9.17, 15) is 28.8 Å². The lowest BCUT2D eigenvalue weighted by Crippen LogP contribution is -2.62. The Morgan fingerprint density at radius 3 is 2.72 bits per heavy atom. The fourth-order valence-corrected chi connectivity index (χ4v) is 4.22. The number of carboxylic acid groups (broad SMARTS) is 1. The van der Waals surface area contributed by atoms with Crippen LogP contribution in [0.2, 0.25) is 0 Å². The van der Waals surface area contributed by atoms with E-state index < -0.39 is 54.1 Å². The predicted octanol–water partition coefficient (Wildman–Crippen LogP) is 0.144. The summed E-state index contributed by atoms with van der Waals surface area (Å²) in [7, 11) is 0. The highest BCUT2D eigenvalue weighted by Gasteiger charge is 2.43. The molecule has 0 saturated carbocycles. The zero-order valence-electron chi connectivity index (χ0n) is 19.0. The number of rotatable bonds is 7. The molecule has 1 saturated heterocycles. The average molecular weight is 493 g/mol. The van der Waals surface area contributed by atoms with Gasteiger partial charge in [-0.25, -0.2) is 10.0 Å². The molecule has 3 atom stereocenters. The van der Waals surface area contributed by atoms with Crippen LogP contribution >= 0.6 is 0 Å². The summed E-state index contributed by atoms with van der Waals surface area (Å²) in [5.41, 5.74) is 0.705. The Bertz CT molecular complexity index is 1270. The summed E-state index contributed by atoms with van der Waals surface area (Å²) in [5.74, 6) is -3.79. The Hall–Kier alpha value is -4.61. The molecule has 2 aliphatic heterocycles. The van der Waals surface area contributed by atoms with Gasteiger partial charge in [0.25, 0.3) is 11.8 Å². The Kier molecular flexibility index (Phi) is 7.04. The molecule has 186 valence electrons. The van der Waals surface area contributed by atoms with Crippen molar-refractivity contribution >= 4 is 46.8 Å². The van der Waals surface area contributed by atoms with Crippen molar-refractivity contribution < 1.29 is 33.9 Å². The third-order valence-electron chi connectivity index (χ3n) is 5.93. The lowest BCUT2D eigenvalue weighted by atomic mass is 10.1. The van der Waals surface area contributed by atoms with Crippen LogP contribution in [0.3, 0.4) is 0 Å². The van der Waals surface area contributed by atoms with Crippen LogP contribution < -0.4 is 10.6 Å². The van der Waals surface area contributed by atoms with Gasteiger partial charge in [-0.3, -0.25) is 29.0 Å². The van der Waals surface area contributed by atoms with Gasteiger partial charge < -0.3 is 20.5 Å². The maximum absolute atomic E-state index is 13.5. The Labute approximate surface area is 204 Å². The summed E-state index contributed by atoms with van der Waals surface area (Å²) < 4.78 is 0. The zero-order valence-corrected chi connectivity index (χ0v) is 19.0. The van der Waals surface area contributed by atoms with Crippen LogP contribution in [0.5, 0.6) is 0 Å². The summed E-state index contributed by atoms with van der Waals surface area (Å²) in [6, 6.07) is 4.95. The number of hydrazine groups is 1. The van der Waals surface area contributed by atoms with Crippen molar-refractivity contribution in [1.82, 2.24) is 25.6 Å².